The largest absolute Gasteiger partial charge is 0.312 e. The molecule has 1 aliphatic rings. The van der Waals surface area contributed by atoms with Gasteiger partial charge in [0.15, 0.2) is 0 Å². The minimum atomic E-state index is 0.246. The van der Waals surface area contributed by atoms with Crippen LogP contribution in [-0.2, 0) is 25.9 Å². The molecule has 0 atom stereocenters. The second kappa shape index (κ2) is 8.38. The Bertz CT molecular complexity index is 505. The van der Waals surface area contributed by atoms with Crippen molar-refractivity contribution >= 4 is 0 Å². The van der Waals surface area contributed by atoms with E-state index in [-0.39, 0.29) is 5.56 Å². The van der Waals surface area contributed by atoms with E-state index in [1.54, 1.807) is 0 Å². The highest BCUT2D eigenvalue weighted by Crippen LogP contribution is 2.21. The molecule has 0 aliphatic heterocycles. The molecule has 1 aromatic heterocycles. The maximum atomic E-state index is 12.8. The summed E-state index contributed by atoms with van der Waals surface area (Å²) in [6.45, 7) is 6.96. The molecule has 0 saturated heterocycles. The average molecular weight is 290 g/mol. The summed E-state index contributed by atoms with van der Waals surface area (Å²) in [4.78, 5) is 12.8. The Labute approximate surface area is 128 Å². The van der Waals surface area contributed by atoms with Gasteiger partial charge in [0.25, 0.3) is 5.56 Å². The van der Waals surface area contributed by atoms with Gasteiger partial charge >= 0.3 is 0 Å². The molecular formula is C18H30N2O. The lowest BCUT2D eigenvalue weighted by atomic mass is 9.94. The quantitative estimate of drug-likeness (QED) is 0.744. The lowest BCUT2D eigenvalue weighted by molar-refractivity contribution is 0.529. The van der Waals surface area contributed by atoms with Gasteiger partial charge in [-0.2, -0.15) is 0 Å². The predicted octanol–water partition coefficient (Wildman–Crippen LogP) is 3.42. The van der Waals surface area contributed by atoms with E-state index in [4.69, 9.17) is 0 Å². The fourth-order valence-electron chi connectivity index (χ4n) is 3.23. The van der Waals surface area contributed by atoms with Gasteiger partial charge in [-0.05, 0) is 56.7 Å². The van der Waals surface area contributed by atoms with Gasteiger partial charge in [0.2, 0.25) is 0 Å². The van der Waals surface area contributed by atoms with Crippen molar-refractivity contribution in [2.45, 2.75) is 78.3 Å². The van der Waals surface area contributed by atoms with E-state index in [0.29, 0.717) is 6.54 Å². The molecule has 1 N–H and O–H groups in total. The summed E-state index contributed by atoms with van der Waals surface area (Å²) in [5.41, 5.74) is 3.95. The van der Waals surface area contributed by atoms with Crippen molar-refractivity contribution in [3.63, 3.8) is 0 Å². The van der Waals surface area contributed by atoms with Crippen LogP contribution in [-0.4, -0.2) is 11.1 Å². The number of fused-ring (bicyclic) bond motifs is 1. The van der Waals surface area contributed by atoms with Crippen molar-refractivity contribution in [2.24, 2.45) is 0 Å². The van der Waals surface area contributed by atoms with Gasteiger partial charge in [-0.1, -0.05) is 26.7 Å². The number of aromatic nitrogens is 1. The zero-order chi connectivity index (χ0) is 15.1. The van der Waals surface area contributed by atoms with E-state index in [9.17, 15) is 4.79 Å². The van der Waals surface area contributed by atoms with Crippen LogP contribution in [0, 0.1) is 0 Å². The molecule has 118 valence electrons. The van der Waals surface area contributed by atoms with Gasteiger partial charge in [-0.3, -0.25) is 4.79 Å². The Kier molecular flexibility index (Phi) is 6.50. The van der Waals surface area contributed by atoms with Crippen molar-refractivity contribution in [3.8, 4) is 0 Å². The summed E-state index contributed by atoms with van der Waals surface area (Å²) in [5.74, 6) is 0. The third-order valence-electron chi connectivity index (χ3n) is 4.40. The number of pyridine rings is 1. The first-order chi connectivity index (χ1) is 10.3. The van der Waals surface area contributed by atoms with Gasteiger partial charge < -0.3 is 9.88 Å². The molecule has 0 saturated carbocycles. The molecule has 0 amide bonds. The van der Waals surface area contributed by atoms with Crippen LogP contribution in [0.2, 0.25) is 0 Å². The van der Waals surface area contributed by atoms with Crippen molar-refractivity contribution in [2.75, 3.05) is 6.54 Å². The van der Waals surface area contributed by atoms with Crippen molar-refractivity contribution in [1.82, 2.24) is 9.88 Å². The second-order valence-corrected chi connectivity index (χ2v) is 6.19. The number of hydrogen-bond acceptors (Lipinski definition) is 2. The zero-order valence-corrected chi connectivity index (χ0v) is 13.7. The third kappa shape index (κ3) is 4.19. The highest BCUT2D eigenvalue weighted by Gasteiger charge is 2.17. The molecule has 0 unspecified atom stereocenters. The zero-order valence-electron chi connectivity index (χ0n) is 13.7. The lowest BCUT2D eigenvalue weighted by Crippen LogP contribution is -2.32. The Morgan fingerprint density at radius 1 is 1.14 bits per heavy atom. The Balaban J connectivity index is 2.25. The van der Waals surface area contributed by atoms with Crippen LogP contribution in [0.15, 0.2) is 10.9 Å². The molecule has 3 heteroatoms. The third-order valence-corrected chi connectivity index (χ3v) is 4.40. The van der Waals surface area contributed by atoms with Crippen molar-refractivity contribution in [3.05, 3.63) is 33.2 Å². The van der Waals surface area contributed by atoms with Gasteiger partial charge in [0.1, 0.15) is 0 Å². The molecule has 1 heterocycles. The summed E-state index contributed by atoms with van der Waals surface area (Å²) in [7, 11) is 0. The SMILES string of the molecule is CCCCCn1c2c(cc(CNCCC)c1=O)CCCC2. The number of nitrogens with one attached hydrogen (secondary N) is 1. The fraction of sp³-hybridized carbons (Fsp3) is 0.722. The van der Waals surface area contributed by atoms with Crippen LogP contribution in [0.5, 0.6) is 0 Å². The molecule has 3 nitrogen and oxygen atoms in total. The average Bonchev–Trinajstić information content (AvgIpc) is 2.50. The monoisotopic (exact) mass is 290 g/mol. The summed E-state index contributed by atoms with van der Waals surface area (Å²) in [6.07, 6.45) is 9.36. The second-order valence-electron chi connectivity index (χ2n) is 6.19. The number of aryl methyl sites for hydroxylation is 1. The van der Waals surface area contributed by atoms with Gasteiger partial charge in [-0.25, -0.2) is 0 Å². The number of hydrogen-bond donors (Lipinski definition) is 1. The first-order valence-corrected chi connectivity index (χ1v) is 8.73. The van der Waals surface area contributed by atoms with Crippen LogP contribution >= 0.6 is 0 Å². The van der Waals surface area contributed by atoms with Gasteiger partial charge in [0, 0.05) is 24.3 Å². The minimum absolute atomic E-state index is 0.246. The summed E-state index contributed by atoms with van der Waals surface area (Å²) < 4.78 is 2.09. The predicted molar refractivity (Wildman–Crippen MR) is 88.9 cm³/mol. The molecule has 2 rings (SSSR count). The molecule has 0 fully saturated rings. The molecule has 0 spiro atoms. The van der Waals surface area contributed by atoms with E-state index in [2.05, 4.69) is 29.8 Å². The molecule has 0 radical (unpaired) electrons. The molecular weight excluding hydrogens is 260 g/mol. The molecule has 21 heavy (non-hydrogen) atoms. The highest BCUT2D eigenvalue weighted by molar-refractivity contribution is 5.29. The van der Waals surface area contributed by atoms with Crippen LogP contribution in [0.1, 0.15) is 69.2 Å². The van der Waals surface area contributed by atoms with E-state index < -0.39 is 0 Å². The van der Waals surface area contributed by atoms with Crippen LogP contribution in [0.4, 0.5) is 0 Å². The van der Waals surface area contributed by atoms with E-state index in [1.165, 1.54) is 36.9 Å². The summed E-state index contributed by atoms with van der Waals surface area (Å²) >= 11 is 0. The van der Waals surface area contributed by atoms with E-state index >= 15 is 0 Å². The number of nitrogens with zero attached hydrogens (tertiary/aromatic N) is 1. The van der Waals surface area contributed by atoms with Gasteiger partial charge in [-0.15, -0.1) is 0 Å². The highest BCUT2D eigenvalue weighted by atomic mass is 16.1. The maximum Gasteiger partial charge on any atom is 0.255 e. The lowest BCUT2D eigenvalue weighted by Gasteiger charge is -2.22. The van der Waals surface area contributed by atoms with Crippen molar-refractivity contribution in [1.29, 1.82) is 0 Å². The minimum Gasteiger partial charge on any atom is -0.312 e. The van der Waals surface area contributed by atoms with Gasteiger partial charge in [0.05, 0.1) is 0 Å². The van der Waals surface area contributed by atoms with Crippen LogP contribution < -0.4 is 10.9 Å². The topological polar surface area (TPSA) is 34.0 Å². The van der Waals surface area contributed by atoms with Crippen LogP contribution in [0.3, 0.4) is 0 Å². The number of unbranched alkanes of at least 4 members (excludes halogenated alkanes) is 2. The maximum absolute atomic E-state index is 12.8. The normalized spacial score (nSPS) is 14.2. The van der Waals surface area contributed by atoms with E-state index in [0.717, 1.165) is 44.3 Å². The summed E-state index contributed by atoms with van der Waals surface area (Å²) in [5, 5.41) is 3.38. The molecule has 1 aromatic rings. The van der Waals surface area contributed by atoms with Crippen LogP contribution in [0.25, 0.3) is 0 Å². The Morgan fingerprint density at radius 3 is 2.71 bits per heavy atom. The first kappa shape index (κ1) is 16.3. The summed E-state index contributed by atoms with van der Waals surface area (Å²) in [6, 6.07) is 2.18. The van der Waals surface area contributed by atoms with E-state index in [1.807, 2.05) is 0 Å². The smallest absolute Gasteiger partial charge is 0.255 e. The fourth-order valence-corrected chi connectivity index (χ4v) is 3.23. The first-order valence-electron chi connectivity index (χ1n) is 8.73. The standard InChI is InChI=1S/C18H30N2O/c1-3-5-8-12-20-17-10-7-6-9-15(17)13-16(18(20)21)14-19-11-4-2/h13,19H,3-12,14H2,1-2H3. The molecule has 0 aromatic carbocycles. The van der Waals surface area contributed by atoms with Crippen molar-refractivity contribution < 1.29 is 0 Å². The Hall–Kier alpha value is -1.09. The molecule has 1 aliphatic carbocycles. The molecule has 0 bridgehead atoms. The number of rotatable bonds is 8. The Morgan fingerprint density at radius 2 is 1.95 bits per heavy atom.